The van der Waals surface area contributed by atoms with Crippen LogP contribution in [0.25, 0.3) is 0 Å². The van der Waals surface area contributed by atoms with Crippen LogP contribution in [0.15, 0.2) is 0 Å². The first kappa shape index (κ1) is 14.8. The Morgan fingerprint density at radius 3 is 1.93 bits per heavy atom. The first-order chi connectivity index (χ1) is 6.99. The van der Waals surface area contributed by atoms with E-state index in [9.17, 15) is 8.78 Å². The lowest BCUT2D eigenvalue weighted by Crippen LogP contribution is -2.30. The van der Waals surface area contributed by atoms with Crippen LogP contribution in [0.3, 0.4) is 0 Å². The molecule has 15 heavy (non-hydrogen) atoms. The number of ether oxygens (including phenoxy) is 1. The lowest BCUT2D eigenvalue weighted by molar-refractivity contribution is -0.00719. The summed E-state index contributed by atoms with van der Waals surface area (Å²) in [6.07, 6.45) is 0.817. The minimum Gasteiger partial charge on any atom is -0.376 e. The topological polar surface area (TPSA) is 12.5 Å². The maximum Gasteiger partial charge on any atom is 0.102 e. The van der Waals surface area contributed by atoms with Crippen molar-refractivity contribution in [1.82, 2.24) is 4.90 Å². The summed E-state index contributed by atoms with van der Waals surface area (Å²) in [6.45, 7) is 7.12. The third-order valence-corrected chi connectivity index (χ3v) is 1.96. The molecule has 0 aromatic heterocycles. The average molecular weight is 223 g/mol. The van der Waals surface area contributed by atoms with Crippen molar-refractivity contribution in [3.05, 3.63) is 0 Å². The molecule has 0 aliphatic heterocycles. The molecule has 2 nitrogen and oxygen atoms in total. The Bertz CT molecular complexity index is 142. The molecular weight excluding hydrogens is 200 g/mol. The maximum atomic E-state index is 12.1. The van der Waals surface area contributed by atoms with Crippen LogP contribution in [0.2, 0.25) is 0 Å². The van der Waals surface area contributed by atoms with E-state index in [2.05, 4.69) is 0 Å². The molecule has 0 radical (unpaired) electrons. The molecular formula is C11H23F2NO. The number of alkyl halides is 2. The molecule has 0 N–H and O–H groups in total. The van der Waals surface area contributed by atoms with E-state index >= 15 is 0 Å². The van der Waals surface area contributed by atoms with Crippen molar-refractivity contribution in [3.8, 4) is 0 Å². The molecule has 0 fully saturated rings. The molecule has 0 heterocycles. The molecule has 0 amide bonds. The van der Waals surface area contributed by atoms with Gasteiger partial charge in [-0.05, 0) is 27.2 Å². The second-order valence-corrected chi connectivity index (χ2v) is 4.53. The van der Waals surface area contributed by atoms with E-state index in [0.29, 0.717) is 26.2 Å². The van der Waals surface area contributed by atoms with Crippen molar-refractivity contribution in [2.24, 2.45) is 0 Å². The van der Waals surface area contributed by atoms with Gasteiger partial charge in [-0.25, -0.2) is 8.78 Å². The zero-order chi connectivity index (χ0) is 11.7. The van der Waals surface area contributed by atoms with E-state index in [-0.39, 0.29) is 5.60 Å². The first-order valence-electron chi connectivity index (χ1n) is 5.48. The molecule has 0 saturated carbocycles. The summed E-state index contributed by atoms with van der Waals surface area (Å²) in [4.78, 5) is 1.78. The van der Waals surface area contributed by atoms with Crippen LogP contribution in [0.1, 0.15) is 27.2 Å². The van der Waals surface area contributed by atoms with Crippen molar-refractivity contribution in [3.63, 3.8) is 0 Å². The SMILES string of the molecule is CC(C)(C)OCCCN(CCF)CCF. The van der Waals surface area contributed by atoms with Crippen molar-refractivity contribution >= 4 is 0 Å². The Morgan fingerprint density at radius 1 is 1.00 bits per heavy atom. The molecule has 0 aliphatic carbocycles. The van der Waals surface area contributed by atoms with Gasteiger partial charge in [-0.2, -0.15) is 0 Å². The zero-order valence-electron chi connectivity index (χ0n) is 10.1. The van der Waals surface area contributed by atoms with E-state index in [0.717, 1.165) is 6.42 Å². The number of hydrogen-bond donors (Lipinski definition) is 0. The van der Waals surface area contributed by atoms with Crippen molar-refractivity contribution in [2.75, 3.05) is 39.6 Å². The Hall–Kier alpha value is -0.220. The number of hydrogen-bond acceptors (Lipinski definition) is 2. The number of nitrogens with zero attached hydrogens (tertiary/aromatic N) is 1. The summed E-state index contributed by atoms with van der Waals surface area (Å²) < 4.78 is 29.7. The predicted molar refractivity (Wildman–Crippen MR) is 58.7 cm³/mol. The normalized spacial score (nSPS) is 12.4. The van der Waals surface area contributed by atoms with Crippen LogP contribution in [0, 0.1) is 0 Å². The lowest BCUT2D eigenvalue weighted by atomic mass is 10.2. The second-order valence-electron chi connectivity index (χ2n) is 4.53. The average Bonchev–Trinajstić information content (AvgIpc) is 2.11. The molecule has 0 saturated heterocycles. The third-order valence-electron chi connectivity index (χ3n) is 1.96. The molecule has 0 rings (SSSR count). The molecule has 92 valence electrons. The molecule has 4 heteroatoms. The highest BCUT2D eigenvalue weighted by Crippen LogP contribution is 2.07. The highest BCUT2D eigenvalue weighted by atomic mass is 19.1. The van der Waals surface area contributed by atoms with Crippen LogP contribution in [-0.4, -0.2) is 50.1 Å². The van der Waals surface area contributed by atoms with Crippen LogP contribution in [-0.2, 0) is 4.74 Å². The molecule has 0 aromatic carbocycles. The Balaban J connectivity index is 3.52. The maximum absolute atomic E-state index is 12.1. The Morgan fingerprint density at radius 2 is 1.53 bits per heavy atom. The zero-order valence-corrected chi connectivity index (χ0v) is 10.1. The Labute approximate surface area is 91.6 Å². The van der Waals surface area contributed by atoms with Gasteiger partial charge in [0.15, 0.2) is 0 Å². The van der Waals surface area contributed by atoms with Gasteiger partial charge in [0.2, 0.25) is 0 Å². The lowest BCUT2D eigenvalue weighted by Gasteiger charge is -2.22. The monoisotopic (exact) mass is 223 g/mol. The van der Waals surface area contributed by atoms with Gasteiger partial charge in [0.25, 0.3) is 0 Å². The van der Waals surface area contributed by atoms with Crippen LogP contribution < -0.4 is 0 Å². The van der Waals surface area contributed by atoms with Gasteiger partial charge in [-0.1, -0.05) is 0 Å². The minimum atomic E-state index is -0.417. The third kappa shape index (κ3) is 10.1. The van der Waals surface area contributed by atoms with Crippen molar-refractivity contribution < 1.29 is 13.5 Å². The second kappa shape index (κ2) is 7.99. The summed E-state index contributed by atoms with van der Waals surface area (Å²) in [6, 6.07) is 0. The van der Waals surface area contributed by atoms with E-state index in [1.54, 1.807) is 4.90 Å². The number of rotatable bonds is 8. The summed E-state index contributed by atoms with van der Waals surface area (Å²) in [5, 5.41) is 0. The predicted octanol–water partition coefficient (Wildman–Crippen LogP) is 2.43. The van der Waals surface area contributed by atoms with Gasteiger partial charge in [0.05, 0.1) is 5.60 Å². The minimum absolute atomic E-state index is 0.134. The quantitative estimate of drug-likeness (QED) is 0.586. The molecule has 0 bridgehead atoms. The summed E-state index contributed by atoms with van der Waals surface area (Å²) in [7, 11) is 0. The Kier molecular flexibility index (Phi) is 7.88. The summed E-state index contributed by atoms with van der Waals surface area (Å²) >= 11 is 0. The van der Waals surface area contributed by atoms with Gasteiger partial charge >= 0.3 is 0 Å². The molecule has 0 unspecified atom stereocenters. The molecule has 0 aliphatic rings. The van der Waals surface area contributed by atoms with E-state index in [1.807, 2.05) is 20.8 Å². The fraction of sp³-hybridized carbons (Fsp3) is 1.00. The van der Waals surface area contributed by atoms with E-state index in [4.69, 9.17) is 4.74 Å². The standard InChI is InChI=1S/C11H23F2NO/c1-11(2,3)15-10-4-7-14(8-5-12)9-6-13/h4-10H2,1-3H3. The fourth-order valence-corrected chi connectivity index (χ4v) is 1.24. The molecule has 0 spiro atoms. The van der Waals surface area contributed by atoms with Crippen LogP contribution in [0.4, 0.5) is 8.78 Å². The van der Waals surface area contributed by atoms with Crippen LogP contribution >= 0.6 is 0 Å². The van der Waals surface area contributed by atoms with Crippen molar-refractivity contribution in [2.45, 2.75) is 32.8 Å². The molecule has 0 atom stereocenters. The van der Waals surface area contributed by atoms with Gasteiger partial charge in [0, 0.05) is 26.2 Å². The first-order valence-corrected chi connectivity index (χ1v) is 5.48. The molecule has 0 aromatic rings. The summed E-state index contributed by atoms with van der Waals surface area (Å²) in [5.74, 6) is 0. The van der Waals surface area contributed by atoms with E-state index in [1.165, 1.54) is 0 Å². The fourth-order valence-electron chi connectivity index (χ4n) is 1.24. The van der Waals surface area contributed by atoms with E-state index < -0.39 is 13.3 Å². The largest absolute Gasteiger partial charge is 0.376 e. The van der Waals surface area contributed by atoms with Gasteiger partial charge in [0.1, 0.15) is 13.3 Å². The van der Waals surface area contributed by atoms with Gasteiger partial charge in [-0.15, -0.1) is 0 Å². The number of halogens is 2. The highest BCUT2D eigenvalue weighted by molar-refractivity contribution is 4.60. The van der Waals surface area contributed by atoms with Gasteiger partial charge < -0.3 is 4.74 Å². The van der Waals surface area contributed by atoms with Gasteiger partial charge in [-0.3, -0.25) is 4.90 Å². The van der Waals surface area contributed by atoms with Crippen molar-refractivity contribution in [1.29, 1.82) is 0 Å². The smallest absolute Gasteiger partial charge is 0.102 e. The highest BCUT2D eigenvalue weighted by Gasteiger charge is 2.10. The summed E-state index contributed by atoms with van der Waals surface area (Å²) in [5.41, 5.74) is -0.134. The van der Waals surface area contributed by atoms with Crippen LogP contribution in [0.5, 0.6) is 0 Å².